The molecule has 3 N–H and O–H groups in total. The van der Waals surface area contributed by atoms with Crippen molar-refractivity contribution >= 4 is 40.9 Å². The predicted octanol–water partition coefficient (Wildman–Crippen LogP) is 3.61. The molecular formula is C20H23N3O2S. The van der Waals surface area contributed by atoms with Crippen molar-refractivity contribution in [3.05, 3.63) is 52.3 Å². The molecule has 1 aromatic heterocycles. The lowest BCUT2D eigenvalue weighted by molar-refractivity contribution is -0.110. The molecule has 0 spiro atoms. The van der Waals surface area contributed by atoms with Crippen molar-refractivity contribution in [1.82, 2.24) is 10.3 Å². The second kappa shape index (κ2) is 7.83. The molecule has 6 heteroatoms. The van der Waals surface area contributed by atoms with Gasteiger partial charge in [-0.3, -0.25) is 9.59 Å². The lowest BCUT2D eigenvalue weighted by Gasteiger charge is -2.06. The monoisotopic (exact) mass is 369 g/mol. The number of carbonyl (C=O) groups is 2. The van der Waals surface area contributed by atoms with Crippen LogP contribution in [0.2, 0.25) is 0 Å². The van der Waals surface area contributed by atoms with Gasteiger partial charge in [0.25, 0.3) is 11.8 Å². The Balaban J connectivity index is 1.81. The van der Waals surface area contributed by atoms with E-state index in [2.05, 4.69) is 15.6 Å². The Morgan fingerprint density at radius 3 is 2.77 bits per heavy atom. The van der Waals surface area contributed by atoms with Crippen LogP contribution in [-0.2, 0) is 4.79 Å². The molecule has 0 saturated heterocycles. The van der Waals surface area contributed by atoms with Crippen molar-refractivity contribution < 1.29 is 9.59 Å². The lowest BCUT2D eigenvalue weighted by atomic mass is 10.0. The number of H-pyrrole nitrogens is 1. The Kier molecular flexibility index (Phi) is 5.52. The van der Waals surface area contributed by atoms with Gasteiger partial charge in [0.05, 0.1) is 5.57 Å². The van der Waals surface area contributed by atoms with Gasteiger partial charge in [0.1, 0.15) is 0 Å². The zero-order valence-corrected chi connectivity index (χ0v) is 16.0. The highest BCUT2D eigenvalue weighted by molar-refractivity contribution is 7.98. The molecule has 0 saturated carbocycles. The van der Waals surface area contributed by atoms with Gasteiger partial charge in [-0.1, -0.05) is 6.07 Å². The molecule has 2 amide bonds. The average Bonchev–Trinajstić information content (AvgIpc) is 3.09. The fraction of sp³-hybridized carbons (Fsp3) is 0.300. The molecule has 1 aromatic carbocycles. The first kappa shape index (κ1) is 18.3. The van der Waals surface area contributed by atoms with Gasteiger partial charge in [-0.25, -0.2) is 0 Å². The van der Waals surface area contributed by atoms with Gasteiger partial charge < -0.3 is 15.6 Å². The van der Waals surface area contributed by atoms with Gasteiger partial charge >= 0.3 is 0 Å². The minimum absolute atomic E-state index is 0.114. The highest BCUT2D eigenvalue weighted by atomic mass is 32.2. The fourth-order valence-corrected chi connectivity index (χ4v) is 3.48. The summed E-state index contributed by atoms with van der Waals surface area (Å²) in [6.07, 6.45) is 4.86. The normalized spacial score (nSPS) is 14.4. The zero-order valence-electron chi connectivity index (χ0n) is 15.2. The van der Waals surface area contributed by atoms with Crippen LogP contribution in [0.4, 0.5) is 5.69 Å². The summed E-state index contributed by atoms with van der Waals surface area (Å²) in [6.45, 7) is 4.65. The molecule has 2 heterocycles. The van der Waals surface area contributed by atoms with Gasteiger partial charge in [0.15, 0.2) is 0 Å². The third kappa shape index (κ3) is 3.85. The number of hydrogen-bond acceptors (Lipinski definition) is 3. The maximum absolute atomic E-state index is 12.4. The van der Waals surface area contributed by atoms with E-state index in [0.717, 1.165) is 34.7 Å². The topological polar surface area (TPSA) is 74.0 Å². The van der Waals surface area contributed by atoms with E-state index in [1.54, 1.807) is 23.9 Å². The Morgan fingerprint density at radius 1 is 1.27 bits per heavy atom. The first-order chi connectivity index (χ1) is 12.5. The van der Waals surface area contributed by atoms with Crippen LogP contribution in [0.3, 0.4) is 0 Å². The van der Waals surface area contributed by atoms with E-state index in [-0.39, 0.29) is 11.8 Å². The number of anilines is 1. The molecule has 0 aliphatic carbocycles. The Hall–Kier alpha value is -2.47. The molecule has 5 nitrogen and oxygen atoms in total. The van der Waals surface area contributed by atoms with Gasteiger partial charge in [-0.15, -0.1) is 0 Å². The van der Waals surface area contributed by atoms with Crippen molar-refractivity contribution in [2.75, 3.05) is 23.9 Å². The number of aromatic amines is 1. The van der Waals surface area contributed by atoms with Crippen LogP contribution in [0.15, 0.2) is 24.3 Å². The van der Waals surface area contributed by atoms with E-state index in [9.17, 15) is 9.59 Å². The first-order valence-corrected chi connectivity index (χ1v) is 10.00. The van der Waals surface area contributed by atoms with Gasteiger partial charge in [0, 0.05) is 34.7 Å². The maximum atomic E-state index is 12.4. The molecule has 3 rings (SSSR count). The second-order valence-electron chi connectivity index (χ2n) is 6.42. The van der Waals surface area contributed by atoms with Gasteiger partial charge in [-0.2, -0.15) is 11.8 Å². The number of fused-ring (bicyclic) bond motifs is 1. The summed E-state index contributed by atoms with van der Waals surface area (Å²) in [7, 11) is 0. The standard InChI is InChI=1S/C20H23N3O2S/c1-12-9-13(2)22-17(12)11-16-15-6-5-14(10-18(15)23-20(16)25)19(24)21-7-4-8-26-3/h5-6,9-11,22H,4,7-8H2,1-3H3,(H,21,24)(H,23,25). The number of aryl methyl sites for hydroxylation is 2. The van der Waals surface area contributed by atoms with Crippen molar-refractivity contribution in [3.63, 3.8) is 0 Å². The number of benzene rings is 1. The molecule has 0 unspecified atom stereocenters. The molecule has 0 bridgehead atoms. The molecule has 0 fully saturated rings. The number of nitrogens with one attached hydrogen (secondary N) is 3. The van der Waals surface area contributed by atoms with E-state index in [1.807, 2.05) is 38.3 Å². The minimum atomic E-state index is -0.149. The average molecular weight is 369 g/mol. The highest BCUT2D eigenvalue weighted by Gasteiger charge is 2.25. The SMILES string of the molecule is CSCCCNC(=O)c1ccc2c(c1)NC(=O)C2=Cc1[nH]c(C)cc1C. The van der Waals surface area contributed by atoms with Gasteiger partial charge in [0.2, 0.25) is 0 Å². The maximum Gasteiger partial charge on any atom is 0.256 e. The van der Waals surface area contributed by atoms with E-state index in [4.69, 9.17) is 0 Å². The van der Waals surface area contributed by atoms with Crippen LogP contribution < -0.4 is 10.6 Å². The summed E-state index contributed by atoms with van der Waals surface area (Å²) in [5, 5.41) is 5.77. The van der Waals surface area contributed by atoms with Crippen molar-refractivity contribution in [2.24, 2.45) is 0 Å². The number of hydrogen-bond donors (Lipinski definition) is 3. The van der Waals surface area contributed by atoms with Gasteiger partial charge in [-0.05, 0) is 62.1 Å². The Morgan fingerprint density at radius 2 is 2.08 bits per heavy atom. The highest BCUT2D eigenvalue weighted by Crippen LogP contribution is 2.34. The molecule has 0 radical (unpaired) electrons. The Labute approximate surface area is 157 Å². The van der Waals surface area contributed by atoms with Crippen LogP contribution in [0.1, 0.15) is 39.3 Å². The number of aromatic nitrogens is 1. The van der Waals surface area contributed by atoms with Crippen molar-refractivity contribution in [2.45, 2.75) is 20.3 Å². The van der Waals surface area contributed by atoms with E-state index in [0.29, 0.717) is 23.4 Å². The van der Waals surface area contributed by atoms with E-state index in [1.165, 1.54) is 0 Å². The van der Waals surface area contributed by atoms with Crippen LogP contribution in [-0.4, -0.2) is 35.4 Å². The largest absolute Gasteiger partial charge is 0.359 e. The van der Waals surface area contributed by atoms with Crippen LogP contribution in [0, 0.1) is 13.8 Å². The third-order valence-electron chi connectivity index (χ3n) is 4.35. The zero-order chi connectivity index (χ0) is 18.7. The number of amides is 2. The summed E-state index contributed by atoms with van der Waals surface area (Å²) in [5.41, 5.74) is 5.74. The summed E-state index contributed by atoms with van der Waals surface area (Å²) < 4.78 is 0. The van der Waals surface area contributed by atoms with E-state index < -0.39 is 0 Å². The number of carbonyl (C=O) groups excluding carboxylic acids is 2. The summed E-state index contributed by atoms with van der Waals surface area (Å²) in [4.78, 5) is 27.9. The summed E-state index contributed by atoms with van der Waals surface area (Å²) in [5.74, 6) is 0.757. The fourth-order valence-electron chi connectivity index (χ4n) is 3.04. The smallest absolute Gasteiger partial charge is 0.256 e. The second-order valence-corrected chi connectivity index (χ2v) is 7.41. The lowest BCUT2D eigenvalue weighted by Crippen LogP contribution is -2.24. The molecule has 0 atom stereocenters. The van der Waals surface area contributed by atoms with Crippen LogP contribution in [0.25, 0.3) is 11.6 Å². The number of thioether (sulfide) groups is 1. The molecule has 1 aliphatic heterocycles. The van der Waals surface area contributed by atoms with Crippen molar-refractivity contribution in [3.8, 4) is 0 Å². The quantitative estimate of drug-likeness (QED) is 0.538. The van der Waals surface area contributed by atoms with Crippen molar-refractivity contribution in [1.29, 1.82) is 0 Å². The first-order valence-electron chi connectivity index (χ1n) is 8.60. The Bertz CT molecular complexity index is 883. The predicted molar refractivity (Wildman–Crippen MR) is 109 cm³/mol. The third-order valence-corrected chi connectivity index (χ3v) is 5.05. The molecule has 2 aromatic rings. The molecule has 136 valence electrons. The molecule has 26 heavy (non-hydrogen) atoms. The summed E-state index contributed by atoms with van der Waals surface area (Å²) >= 11 is 1.76. The minimum Gasteiger partial charge on any atom is -0.359 e. The summed E-state index contributed by atoms with van der Waals surface area (Å²) in [6, 6.07) is 7.39. The molecular weight excluding hydrogens is 346 g/mol. The van der Waals surface area contributed by atoms with Crippen LogP contribution in [0.5, 0.6) is 0 Å². The van der Waals surface area contributed by atoms with E-state index >= 15 is 0 Å². The van der Waals surface area contributed by atoms with Crippen LogP contribution >= 0.6 is 11.8 Å². The number of rotatable bonds is 6. The molecule has 1 aliphatic rings.